The number of carbonyl (C=O) groups is 1. The zero-order valence-corrected chi connectivity index (χ0v) is 10.2. The first-order valence-electron chi connectivity index (χ1n) is 4.10. The van der Waals surface area contributed by atoms with E-state index in [1.807, 2.05) is 0 Å². The van der Waals surface area contributed by atoms with Gasteiger partial charge in [-0.15, -0.1) is 24.8 Å². The summed E-state index contributed by atoms with van der Waals surface area (Å²) in [6, 6.07) is -0.473. The van der Waals surface area contributed by atoms with E-state index >= 15 is 0 Å². The van der Waals surface area contributed by atoms with Crippen molar-refractivity contribution < 1.29 is 4.79 Å². The van der Waals surface area contributed by atoms with Crippen LogP contribution in [-0.4, -0.2) is 31.5 Å². The Labute approximate surface area is 102 Å². The highest BCUT2D eigenvalue weighted by molar-refractivity contribution is 5.85. The fourth-order valence-corrected chi connectivity index (χ4v) is 0.836. The van der Waals surface area contributed by atoms with E-state index in [-0.39, 0.29) is 36.7 Å². The van der Waals surface area contributed by atoms with E-state index < -0.39 is 6.04 Å². The van der Waals surface area contributed by atoms with Gasteiger partial charge in [0.05, 0.1) is 6.04 Å². The minimum Gasteiger partial charge on any atom is -0.370 e. The number of carbonyl (C=O) groups excluding carboxylic acids is 1. The highest BCUT2D eigenvalue weighted by Crippen LogP contribution is 1.94. The Bertz CT molecular complexity index is 196. The van der Waals surface area contributed by atoms with E-state index in [9.17, 15) is 4.79 Å². The number of nitrogens with two attached hydrogens (primary N) is 3. The summed E-state index contributed by atoms with van der Waals surface area (Å²) in [7, 11) is 1.55. The second-order valence-electron chi connectivity index (χ2n) is 2.67. The average molecular weight is 260 g/mol. The number of aliphatic imine (C=N–C) groups is 1. The van der Waals surface area contributed by atoms with Gasteiger partial charge in [-0.2, -0.15) is 0 Å². The first-order valence-corrected chi connectivity index (χ1v) is 4.10. The molecule has 0 saturated carbocycles. The van der Waals surface area contributed by atoms with Crippen molar-refractivity contribution in [3.05, 3.63) is 0 Å². The van der Waals surface area contributed by atoms with Gasteiger partial charge >= 0.3 is 0 Å². The number of rotatable bonds is 5. The molecule has 0 aliphatic heterocycles. The molecule has 0 aromatic rings. The van der Waals surface area contributed by atoms with E-state index in [4.69, 9.17) is 17.2 Å². The summed E-state index contributed by atoms with van der Waals surface area (Å²) in [5, 5.41) is 2.47. The molecule has 0 radical (unpaired) electrons. The van der Waals surface area contributed by atoms with Gasteiger partial charge in [-0.1, -0.05) is 0 Å². The zero-order chi connectivity index (χ0) is 10.3. The monoisotopic (exact) mass is 259 g/mol. The van der Waals surface area contributed by atoms with Gasteiger partial charge in [-0.25, -0.2) is 0 Å². The maximum absolute atomic E-state index is 10.9. The van der Waals surface area contributed by atoms with Crippen LogP contribution < -0.4 is 22.5 Å². The molecule has 0 bridgehead atoms. The van der Waals surface area contributed by atoms with E-state index in [2.05, 4.69) is 10.3 Å². The van der Waals surface area contributed by atoms with Crippen molar-refractivity contribution in [3.63, 3.8) is 0 Å². The molecule has 7 N–H and O–H groups in total. The lowest BCUT2D eigenvalue weighted by atomic mass is 10.1. The van der Waals surface area contributed by atoms with Crippen molar-refractivity contribution in [2.45, 2.75) is 18.9 Å². The summed E-state index contributed by atoms with van der Waals surface area (Å²) in [4.78, 5) is 14.7. The molecule has 8 heteroatoms. The van der Waals surface area contributed by atoms with E-state index in [1.54, 1.807) is 7.05 Å². The summed E-state index contributed by atoms with van der Waals surface area (Å²) in [5.74, 6) is -0.0989. The van der Waals surface area contributed by atoms with Gasteiger partial charge < -0.3 is 22.5 Å². The highest BCUT2D eigenvalue weighted by Gasteiger charge is 2.09. The smallest absolute Gasteiger partial charge is 0.236 e. The second kappa shape index (κ2) is 11.4. The van der Waals surface area contributed by atoms with Crippen LogP contribution in [0.4, 0.5) is 0 Å². The third-order valence-corrected chi connectivity index (χ3v) is 1.55. The molecule has 0 rings (SSSR count). The molecule has 15 heavy (non-hydrogen) atoms. The zero-order valence-electron chi connectivity index (χ0n) is 8.60. The molecule has 1 amide bonds. The summed E-state index contributed by atoms with van der Waals surface area (Å²) in [5.41, 5.74) is 15.7. The van der Waals surface area contributed by atoms with Crippen molar-refractivity contribution in [1.82, 2.24) is 5.32 Å². The number of amides is 1. The number of likely N-dealkylation sites (N-methyl/N-ethyl adjacent to an activating group) is 1. The second-order valence-corrected chi connectivity index (χ2v) is 2.67. The molecule has 0 saturated heterocycles. The largest absolute Gasteiger partial charge is 0.370 e. The Morgan fingerprint density at radius 3 is 2.33 bits per heavy atom. The van der Waals surface area contributed by atoms with Gasteiger partial charge in [-0.3, -0.25) is 9.79 Å². The fraction of sp³-hybridized carbons (Fsp3) is 0.714. The van der Waals surface area contributed by atoms with Gasteiger partial charge in [-0.05, 0) is 12.8 Å². The SMILES string of the molecule is CNC(=O)[C@@H](N)CCCN=C(N)N.Cl.Cl. The third kappa shape index (κ3) is 11.2. The molecule has 0 aromatic heterocycles. The summed E-state index contributed by atoms with van der Waals surface area (Å²) >= 11 is 0. The Balaban J connectivity index is -0.000000720. The minimum atomic E-state index is -0.473. The summed E-state index contributed by atoms with van der Waals surface area (Å²) < 4.78 is 0. The van der Waals surface area contributed by atoms with Crippen molar-refractivity contribution in [1.29, 1.82) is 0 Å². The minimum absolute atomic E-state index is 0. The first kappa shape index (κ1) is 19.8. The molecule has 0 spiro atoms. The van der Waals surface area contributed by atoms with Crippen molar-refractivity contribution in [3.8, 4) is 0 Å². The van der Waals surface area contributed by atoms with Crippen LogP contribution in [0.1, 0.15) is 12.8 Å². The number of nitrogens with zero attached hydrogens (tertiary/aromatic N) is 1. The summed E-state index contributed by atoms with van der Waals surface area (Å²) in [6.45, 7) is 0.507. The molecular formula is C7H19Cl2N5O. The quantitative estimate of drug-likeness (QED) is 0.286. The van der Waals surface area contributed by atoms with Crippen LogP contribution in [0.15, 0.2) is 4.99 Å². The van der Waals surface area contributed by atoms with Crippen LogP contribution in [0.2, 0.25) is 0 Å². The van der Waals surface area contributed by atoms with Crippen molar-refractivity contribution in [2.24, 2.45) is 22.2 Å². The number of nitrogens with one attached hydrogen (secondary N) is 1. The third-order valence-electron chi connectivity index (χ3n) is 1.55. The Kier molecular flexibility index (Phi) is 15.0. The molecule has 1 atom stereocenters. The predicted molar refractivity (Wildman–Crippen MR) is 66.4 cm³/mol. The normalized spacial score (nSPS) is 10.3. The van der Waals surface area contributed by atoms with E-state index in [0.717, 1.165) is 0 Å². The molecule has 0 aromatic carbocycles. The lowest BCUT2D eigenvalue weighted by Crippen LogP contribution is -2.38. The van der Waals surface area contributed by atoms with E-state index in [1.165, 1.54) is 0 Å². The first-order chi connectivity index (χ1) is 6.07. The molecule has 92 valence electrons. The van der Waals surface area contributed by atoms with Crippen LogP contribution in [0.5, 0.6) is 0 Å². The maximum atomic E-state index is 10.9. The molecule has 0 heterocycles. The van der Waals surface area contributed by atoms with E-state index in [0.29, 0.717) is 19.4 Å². The van der Waals surface area contributed by atoms with Gasteiger partial charge in [0.15, 0.2) is 5.96 Å². The molecule has 0 aliphatic rings. The molecular weight excluding hydrogens is 241 g/mol. The van der Waals surface area contributed by atoms with Crippen LogP contribution in [0.25, 0.3) is 0 Å². The fourth-order valence-electron chi connectivity index (χ4n) is 0.836. The van der Waals surface area contributed by atoms with Crippen molar-refractivity contribution >= 4 is 36.7 Å². The molecule has 0 aliphatic carbocycles. The van der Waals surface area contributed by atoms with Crippen LogP contribution >= 0.6 is 24.8 Å². The van der Waals surface area contributed by atoms with Gasteiger partial charge in [0.2, 0.25) is 5.91 Å². The van der Waals surface area contributed by atoms with Crippen molar-refractivity contribution in [2.75, 3.05) is 13.6 Å². The topological polar surface area (TPSA) is 120 Å². The number of guanidine groups is 1. The highest BCUT2D eigenvalue weighted by atomic mass is 35.5. The van der Waals surface area contributed by atoms with Crippen LogP contribution in [0.3, 0.4) is 0 Å². The van der Waals surface area contributed by atoms with Crippen LogP contribution in [-0.2, 0) is 4.79 Å². The van der Waals surface area contributed by atoms with Gasteiger partial charge in [0.1, 0.15) is 0 Å². The van der Waals surface area contributed by atoms with Gasteiger partial charge in [0.25, 0.3) is 0 Å². The predicted octanol–water partition coefficient (Wildman–Crippen LogP) is -1.04. The number of halogens is 2. The lowest BCUT2D eigenvalue weighted by Gasteiger charge is -2.07. The summed E-state index contributed by atoms with van der Waals surface area (Å²) in [6.07, 6.45) is 1.28. The average Bonchev–Trinajstić information content (AvgIpc) is 2.10. The Morgan fingerprint density at radius 2 is 1.93 bits per heavy atom. The number of hydrogen-bond donors (Lipinski definition) is 4. The Hall–Kier alpha value is -0.720. The molecule has 0 unspecified atom stereocenters. The maximum Gasteiger partial charge on any atom is 0.236 e. The molecule has 6 nitrogen and oxygen atoms in total. The lowest BCUT2D eigenvalue weighted by molar-refractivity contribution is -0.122. The standard InChI is InChI=1S/C7H17N5O.2ClH/c1-11-6(13)5(8)3-2-4-12-7(9)10;;/h5H,2-4,8H2,1H3,(H,11,13)(H4,9,10,12);2*1H/t5-;;/m0../s1. The Morgan fingerprint density at radius 1 is 1.40 bits per heavy atom. The van der Waals surface area contributed by atoms with Gasteiger partial charge in [0, 0.05) is 13.6 Å². The number of hydrogen-bond acceptors (Lipinski definition) is 3. The molecule has 0 fully saturated rings. The van der Waals surface area contributed by atoms with Crippen LogP contribution in [0, 0.1) is 0 Å².